The number of hydrogen-bond acceptors (Lipinski definition) is 9. The van der Waals surface area contributed by atoms with Gasteiger partial charge in [-0.3, -0.25) is 14.2 Å². The second kappa shape index (κ2) is 8.79. The van der Waals surface area contributed by atoms with Crippen LogP contribution in [-0.4, -0.2) is 64.1 Å². The highest BCUT2D eigenvalue weighted by molar-refractivity contribution is 7.15. The Hall–Kier alpha value is -3.64. The molecule has 2 fully saturated rings. The van der Waals surface area contributed by atoms with Crippen LogP contribution in [0.2, 0.25) is 0 Å². The number of carbonyl (C=O) groups excluding carboxylic acids is 1. The van der Waals surface area contributed by atoms with Gasteiger partial charge >= 0.3 is 0 Å². The van der Waals surface area contributed by atoms with Crippen LogP contribution >= 0.6 is 11.3 Å². The third-order valence-corrected chi connectivity index (χ3v) is 7.59. The number of rotatable bonds is 6. The molecule has 0 bridgehead atoms. The molecule has 1 aliphatic heterocycles. The van der Waals surface area contributed by atoms with Gasteiger partial charge in [0.05, 0.1) is 24.0 Å². The number of piperidine rings is 1. The molecule has 2 N–H and O–H groups in total. The maximum absolute atomic E-state index is 13.2. The van der Waals surface area contributed by atoms with E-state index in [9.17, 15) is 14.7 Å². The van der Waals surface area contributed by atoms with E-state index in [0.29, 0.717) is 42.1 Å². The topological polar surface area (TPSA) is 131 Å². The van der Waals surface area contributed by atoms with Gasteiger partial charge in [0.2, 0.25) is 11.0 Å². The summed E-state index contributed by atoms with van der Waals surface area (Å²) in [5.74, 6) is 0.373. The molecule has 0 radical (unpaired) electrons. The molecule has 1 amide bonds. The zero-order valence-corrected chi connectivity index (χ0v) is 20.6. The van der Waals surface area contributed by atoms with Crippen LogP contribution in [-0.2, 0) is 11.3 Å². The van der Waals surface area contributed by atoms with E-state index in [1.165, 1.54) is 28.4 Å². The SMILES string of the molecule is Cc1nnc(Nc2ccc(-n3ncc4c(=O)n(CC5(O)CCN(C(=O)C6CC6)CC5)cnc43)cc2)s1. The maximum Gasteiger partial charge on any atom is 0.264 e. The number of nitrogens with one attached hydrogen (secondary N) is 1. The highest BCUT2D eigenvalue weighted by atomic mass is 32.1. The van der Waals surface area contributed by atoms with Crippen molar-refractivity contribution in [2.45, 2.75) is 44.8 Å². The van der Waals surface area contributed by atoms with Crippen molar-refractivity contribution < 1.29 is 9.90 Å². The zero-order valence-electron chi connectivity index (χ0n) is 19.8. The largest absolute Gasteiger partial charge is 0.388 e. The van der Waals surface area contributed by atoms with Crippen LogP contribution in [0.15, 0.2) is 41.6 Å². The van der Waals surface area contributed by atoms with E-state index >= 15 is 0 Å². The van der Waals surface area contributed by atoms with E-state index in [-0.39, 0.29) is 23.9 Å². The molecule has 12 heteroatoms. The molecule has 6 rings (SSSR count). The summed E-state index contributed by atoms with van der Waals surface area (Å²) in [6.45, 7) is 3.06. The lowest BCUT2D eigenvalue weighted by Gasteiger charge is -2.38. The van der Waals surface area contributed by atoms with Crippen molar-refractivity contribution in [3.63, 3.8) is 0 Å². The lowest BCUT2D eigenvalue weighted by atomic mass is 9.91. The number of carbonyl (C=O) groups is 1. The van der Waals surface area contributed by atoms with Crippen LogP contribution < -0.4 is 10.9 Å². The van der Waals surface area contributed by atoms with E-state index in [1.807, 2.05) is 36.1 Å². The van der Waals surface area contributed by atoms with Crippen LogP contribution in [0.5, 0.6) is 0 Å². The number of anilines is 2. The Morgan fingerprint density at radius 2 is 1.94 bits per heavy atom. The quantitative estimate of drug-likeness (QED) is 0.407. The molecule has 4 aromatic rings. The number of likely N-dealkylation sites (tertiary alicyclic amines) is 1. The van der Waals surface area contributed by atoms with E-state index in [4.69, 9.17) is 0 Å². The summed E-state index contributed by atoms with van der Waals surface area (Å²) >= 11 is 1.47. The summed E-state index contributed by atoms with van der Waals surface area (Å²) in [6.07, 6.45) is 5.80. The summed E-state index contributed by atoms with van der Waals surface area (Å²) in [4.78, 5) is 31.8. The molecular formula is C24H26N8O3S. The van der Waals surface area contributed by atoms with E-state index in [2.05, 4.69) is 25.6 Å². The number of benzene rings is 1. The Kier molecular flexibility index (Phi) is 5.56. The molecule has 0 spiro atoms. The third kappa shape index (κ3) is 4.37. The lowest BCUT2D eigenvalue weighted by Crippen LogP contribution is -2.50. The van der Waals surface area contributed by atoms with Crippen molar-refractivity contribution in [1.82, 2.24) is 34.4 Å². The Bertz CT molecular complexity index is 1480. The van der Waals surface area contributed by atoms with Gasteiger partial charge in [0.1, 0.15) is 16.7 Å². The number of aryl methyl sites for hydroxylation is 1. The monoisotopic (exact) mass is 506 g/mol. The molecule has 4 heterocycles. The minimum absolute atomic E-state index is 0.136. The normalized spacial score (nSPS) is 17.4. The highest BCUT2D eigenvalue weighted by Crippen LogP contribution is 2.33. The van der Waals surface area contributed by atoms with Gasteiger partial charge in [-0.25, -0.2) is 9.67 Å². The predicted octanol–water partition coefficient (Wildman–Crippen LogP) is 2.25. The van der Waals surface area contributed by atoms with Crippen LogP contribution in [0.4, 0.5) is 10.8 Å². The van der Waals surface area contributed by atoms with Crippen LogP contribution in [0.1, 0.15) is 30.7 Å². The van der Waals surface area contributed by atoms with Crippen molar-refractivity contribution in [3.05, 3.63) is 52.2 Å². The first-order chi connectivity index (χ1) is 17.4. The first-order valence-corrected chi connectivity index (χ1v) is 12.8. The fraction of sp³-hybridized carbons (Fsp3) is 0.417. The average molecular weight is 507 g/mol. The standard InChI is InChI=1S/C24H26N8O3S/c1-15-28-29-23(36-15)27-17-4-6-18(7-5-17)32-20-19(12-26-32)22(34)31(14-25-20)13-24(35)8-10-30(11-9-24)21(33)16-2-3-16/h4-7,12,14,16,35H,2-3,8-11,13H2,1H3,(H,27,29). The highest BCUT2D eigenvalue weighted by Gasteiger charge is 2.39. The van der Waals surface area contributed by atoms with Gasteiger partial charge in [0.15, 0.2) is 5.65 Å². The van der Waals surface area contributed by atoms with Crippen LogP contribution in [0.3, 0.4) is 0 Å². The van der Waals surface area contributed by atoms with E-state index in [0.717, 1.165) is 29.2 Å². The van der Waals surface area contributed by atoms with Gasteiger partial charge in [0, 0.05) is 24.7 Å². The van der Waals surface area contributed by atoms with Gasteiger partial charge in [0.25, 0.3) is 5.56 Å². The molecule has 36 heavy (non-hydrogen) atoms. The van der Waals surface area contributed by atoms with E-state index in [1.54, 1.807) is 4.68 Å². The van der Waals surface area contributed by atoms with Crippen molar-refractivity contribution >= 4 is 39.1 Å². The van der Waals surface area contributed by atoms with E-state index < -0.39 is 5.60 Å². The Morgan fingerprint density at radius 3 is 2.61 bits per heavy atom. The summed E-state index contributed by atoms with van der Waals surface area (Å²) in [5.41, 5.74) is 0.776. The van der Waals surface area contributed by atoms with Gasteiger partial charge < -0.3 is 15.3 Å². The average Bonchev–Trinajstić information content (AvgIpc) is 3.51. The zero-order chi connectivity index (χ0) is 24.9. The van der Waals surface area contributed by atoms with Gasteiger partial charge in [-0.15, -0.1) is 10.2 Å². The number of nitrogens with zero attached hydrogens (tertiary/aromatic N) is 7. The molecule has 3 aromatic heterocycles. The summed E-state index contributed by atoms with van der Waals surface area (Å²) in [5, 5.41) is 28.8. The predicted molar refractivity (Wildman–Crippen MR) is 135 cm³/mol. The molecule has 0 unspecified atom stereocenters. The summed E-state index contributed by atoms with van der Waals surface area (Å²) < 4.78 is 3.07. The second-order valence-corrected chi connectivity index (χ2v) is 10.8. The smallest absolute Gasteiger partial charge is 0.264 e. The summed E-state index contributed by atoms with van der Waals surface area (Å²) in [6, 6.07) is 7.57. The summed E-state index contributed by atoms with van der Waals surface area (Å²) in [7, 11) is 0. The molecule has 11 nitrogen and oxygen atoms in total. The molecule has 0 atom stereocenters. The second-order valence-electron chi connectivity index (χ2n) is 9.59. The number of aliphatic hydroxyl groups is 1. The van der Waals surface area contributed by atoms with Crippen molar-refractivity contribution in [2.75, 3.05) is 18.4 Å². The van der Waals surface area contributed by atoms with Crippen molar-refractivity contribution in [1.29, 1.82) is 0 Å². The molecule has 1 aromatic carbocycles. The number of aromatic nitrogens is 6. The maximum atomic E-state index is 13.2. The van der Waals surface area contributed by atoms with Gasteiger partial charge in [-0.1, -0.05) is 11.3 Å². The Labute approximate surface area is 210 Å². The molecule has 2 aliphatic rings. The molecule has 1 aliphatic carbocycles. The first kappa shape index (κ1) is 22.8. The lowest BCUT2D eigenvalue weighted by molar-refractivity contribution is -0.137. The fourth-order valence-electron chi connectivity index (χ4n) is 4.61. The molecule has 1 saturated heterocycles. The molecule has 1 saturated carbocycles. The molecular weight excluding hydrogens is 480 g/mol. The van der Waals surface area contributed by atoms with Gasteiger partial charge in [-0.05, 0) is 56.9 Å². The Morgan fingerprint density at radius 1 is 1.19 bits per heavy atom. The van der Waals surface area contributed by atoms with Crippen molar-refractivity contribution in [3.8, 4) is 5.69 Å². The van der Waals surface area contributed by atoms with Gasteiger partial charge in [-0.2, -0.15) is 5.10 Å². The first-order valence-electron chi connectivity index (χ1n) is 12.0. The minimum atomic E-state index is -1.05. The Balaban J connectivity index is 1.18. The fourth-order valence-corrected chi connectivity index (χ4v) is 5.23. The third-order valence-electron chi connectivity index (χ3n) is 6.84. The van der Waals surface area contributed by atoms with Crippen molar-refractivity contribution in [2.24, 2.45) is 5.92 Å². The number of hydrogen-bond donors (Lipinski definition) is 2. The number of fused-ring (bicyclic) bond motifs is 1. The number of amides is 1. The molecule has 186 valence electrons. The minimum Gasteiger partial charge on any atom is -0.388 e. The van der Waals surface area contributed by atoms with Crippen LogP contribution in [0, 0.1) is 12.8 Å². The van der Waals surface area contributed by atoms with Crippen LogP contribution in [0.25, 0.3) is 16.7 Å².